The van der Waals surface area contributed by atoms with E-state index in [0.29, 0.717) is 47.5 Å². The van der Waals surface area contributed by atoms with E-state index in [1.54, 1.807) is 6.07 Å². The number of nitrogens with one attached hydrogen (secondary N) is 3. The molecule has 1 aromatic carbocycles. The molecule has 0 aliphatic carbocycles. The van der Waals surface area contributed by atoms with Crippen LogP contribution in [0.25, 0.3) is 11.3 Å². The highest BCUT2D eigenvalue weighted by atomic mass is 19.1. The third-order valence-electron chi connectivity index (χ3n) is 4.55. The molecule has 10 nitrogen and oxygen atoms in total. The molecule has 3 N–H and O–H groups in total. The average molecular weight is 425 g/mol. The van der Waals surface area contributed by atoms with Crippen molar-refractivity contribution in [1.82, 2.24) is 25.5 Å². The fraction of sp³-hybridized carbons (Fsp3) is 0.300. The fourth-order valence-corrected chi connectivity index (χ4v) is 3.10. The summed E-state index contributed by atoms with van der Waals surface area (Å²) in [6.45, 7) is 2.31. The molecule has 0 bridgehead atoms. The summed E-state index contributed by atoms with van der Waals surface area (Å²) in [7, 11) is 1.46. The highest BCUT2D eigenvalue weighted by Crippen LogP contribution is 2.39. The number of hydrogen-bond acceptors (Lipinski definition) is 9. The Hall–Kier alpha value is -3.75. The molecule has 4 rings (SSSR count). The number of aromatic nitrogens is 4. The predicted molar refractivity (Wildman–Crippen MR) is 109 cm³/mol. The van der Waals surface area contributed by atoms with Crippen LogP contribution in [-0.2, 0) is 4.74 Å². The van der Waals surface area contributed by atoms with E-state index in [9.17, 15) is 4.39 Å². The van der Waals surface area contributed by atoms with Crippen molar-refractivity contribution in [2.45, 2.75) is 6.10 Å². The van der Waals surface area contributed by atoms with Gasteiger partial charge in [-0.1, -0.05) is 0 Å². The van der Waals surface area contributed by atoms with Gasteiger partial charge in [0.25, 0.3) is 0 Å². The minimum absolute atomic E-state index is 0.134. The van der Waals surface area contributed by atoms with Gasteiger partial charge in [-0.05, 0) is 0 Å². The van der Waals surface area contributed by atoms with E-state index >= 15 is 0 Å². The number of benzene rings is 1. The summed E-state index contributed by atoms with van der Waals surface area (Å²) in [5, 5.41) is 22.1. The highest BCUT2D eigenvalue weighted by Gasteiger charge is 2.20. The Morgan fingerprint density at radius 3 is 2.84 bits per heavy atom. The first-order valence-electron chi connectivity index (χ1n) is 9.54. The maximum atomic E-state index is 14.2. The SMILES string of the molecule is COc1cc(F)cc(OCC2CNCCO2)c1-c1cc(Nc2cnc(C#N)cn2)n[nH]1. The molecule has 0 spiro atoms. The Morgan fingerprint density at radius 2 is 2.13 bits per heavy atom. The number of nitriles is 1. The van der Waals surface area contributed by atoms with Gasteiger partial charge in [-0.25, -0.2) is 14.4 Å². The zero-order valence-corrected chi connectivity index (χ0v) is 16.7. The van der Waals surface area contributed by atoms with Crippen molar-refractivity contribution >= 4 is 11.6 Å². The van der Waals surface area contributed by atoms with Crippen LogP contribution in [0.2, 0.25) is 0 Å². The summed E-state index contributed by atoms with van der Waals surface area (Å²) in [5.74, 6) is 0.988. The highest BCUT2D eigenvalue weighted by molar-refractivity contribution is 5.76. The topological polar surface area (TPSA) is 130 Å². The van der Waals surface area contributed by atoms with Crippen molar-refractivity contribution < 1.29 is 18.6 Å². The number of methoxy groups -OCH3 is 1. The van der Waals surface area contributed by atoms with Gasteiger partial charge >= 0.3 is 0 Å². The van der Waals surface area contributed by atoms with Crippen LogP contribution in [0.15, 0.2) is 30.6 Å². The number of morpholine rings is 1. The first-order valence-corrected chi connectivity index (χ1v) is 9.54. The minimum atomic E-state index is -0.482. The van der Waals surface area contributed by atoms with Crippen LogP contribution in [0.1, 0.15) is 5.69 Å². The molecule has 0 radical (unpaired) electrons. The molecule has 0 saturated carbocycles. The van der Waals surface area contributed by atoms with Gasteiger partial charge in [0.2, 0.25) is 0 Å². The molecular formula is C20H20FN7O3. The van der Waals surface area contributed by atoms with E-state index in [4.69, 9.17) is 19.5 Å². The van der Waals surface area contributed by atoms with E-state index in [1.807, 2.05) is 6.07 Å². The predicted octanol–water partition coefficient (Wildman–Crippen LogP) is 2.00. The molecule has 1 aliphatic heterocycles. The van der Waals surface area contributed by atoms with Gasteiger partial charge in [0.1, 0.15) is 41.9 Å². The zero-order valence-electron chi connectivity index (χ0n) is 16.7. The molecule has 31 heavy (non-hydrogen) atoms. The second kappa shape index (κ2) is 9.38. The Labute approximate surface area is 177 Å². The van der Waals surface area contributed by atoms with Gasteiger partial charge < -0.3 is 24.8 Å². The average Bonchev–Trinajstić information content (AvgIpc) is 3.26. The van der Waals surface area contributed by atoms with Gasteiger partial charge in [0.15, 0.2) is 11.5 Å². The molecule has 1 aliphatic rings. The molecule has 1 saturated heterocycles. The standard InChI is InChI=1S/C20H20FN7O3/c1-29-16-4-12(21)5-17(31-11-14-9-23-2-3-30-14)20(16)15-6-18(28-27-15)26-19-10-24-13(7-22)8-25-19/h4-6,8,10,14,23H,2-3,9,11H2,1H3,(H2,25,26,27,28). The third kappa shape index (κ3) is 4.88. The monoisotopic (exact) mass is 425 g/mol. The molecule has 160 valence electrons. The smallest absolute Gasteiger partial charge is 0.158 e. The van der Waals surface area contributed by atoms with Crippen LogP contribution in [0.5, 0.6) is 11.5 Å². The number of anilines is 2. The quantitative estimate of drug-likeness (QED) is 0.520. The third-order valence-corrected chi connectivity index (χ3v) is 4.55. The molecule has 1 fully saturated rings. The Bertz CT molecular complexity index is 1080. The van der Waals surface area contributed by atoms with Gasteiger partial charge in [-0.15, -0.1) is 0 Å². The lowest BCUT2D eigenvalue weighted by Gasteiger charge is -2.24. The summed E-state index contributed by atoms with van der Waals surface area (Å²) >= 11 is 0. The summed E-state index contributed by atoms with van der Waals surface area (Å²) < 4.78 is 31.1. The number of hydrogen-bond donors (Lipinski definition) is 3. The second-order valence-electron chi connectivity index (χ2n) is 6.68. The van der Waals surface area contributed by atoms with Gasteiger partial charge in [0, 0.05) is 31.3 Å². The van der Waals surface area contributed by atoms with Crippen molar-refractivity contribution in [3.63, 3.8) is 0 Å². The summed E-state index contributed by atoms with van der Waals surface area (Å²) in [4.78, 5) is 8.06. The van der Waals surface area contributed by atoms with Gasteiger partial charge in [0.05, 0.1) is 37.4 Å². The Balaban J connectivity index is 1.58. The van der Waals surface area contributed by atoms with Crippen molar-refractivity contribution in [3.8, 4) is 28.8 Å². The normalized spacial score (nSPS) is 15.8. The Kier molecular flexibility index (Phi) is 6.21. The molecule has 1 atom stereocenters. The lowest BCUT2D eigenvalue weighted by atomic mass is 10.1. The molecule has 1 unspecified atom stereocenters. The lowest BCUT2D eigenvalue weighted by Crippen LogP contribution is -2.41. The molecular weight excluding hydrogens is 405 g/mol. The maximum Gasteiger partial charge on any atom is 0.158 e. The summed E-state index contributed by atoms with van der Waals surface area (Å²) in [6, 6.07) is 6.20. The van der Waals surface area contributed by atoms with E-state index in [2.05, 4.69) is 30.8 Å². The van der Waals surface area contributed by atoms with E-state index in [-0.39, 0.29) is 18.4 Å². The molecule has 3 heterocycles. The number of aromatic amines is 1. The van der Waals surface area contributed by atoms with E-state index in [1.165, 1.54) is 31.6 Å². The minimum Gasteiger partial charge on any atom is -0.496 e. The van der Waals surface area contributed by atoms with Crippen LogP contribution in [0.3, 0.4) is 0 Å². The van der Waals surface area contributed by atoms with Crippen LogP contribution < -0.4 is 20.1 Å². The van der Waals surface area contributed by atoms with Crippen LogP contribution in [-0.4, -0.2) is 59.7 Å². The maximum absolute atomic E-state index is 14.2. The van der Waals surface area contributed by atoms with Crippen LogP contribution in [0.4, 0.5) is 16.0 Å². The summed E-state index contributed by atoms with van der Waals surface area (Å²) in [5.41, 5.74) is 1.29. The number of nitrogens with zero attached hydrogens (tertiary/aromatic N) is 4. The number of halogens is 1. The molecule has 3 aromatic rings. The number of rotatable bonds is 7. The first kappa shape index (κ1) is 20.5. The first-order chi connectivity index (χ1) is 15.2. The van der Waals surface area contributed by atoms with E-state index < -0.39 is 5.82 Å². The fourth-order valence-electron chi connectivity index (χ4n) is 3.10. The van der Waals surface area contributed by atoms with Crippen LogP contribution >= 0.6 is 0 Å². The molecule has 11 heteroatoms. The van der Waals surface area contributed by atoms with Crippen molar-refractivity contribution in [3.05, 3.63) is 42.1 Å². The Morgan fingerprint density at radius 1 is 1.26 bits per heavy atom. The van der Waals surface area contributed by atoms with Gasteiger partial charge in [-0.2, -0.15) is 10.4 Å². The lowest BCUT2D eigenvalue weighted by molar-refractivity contribution is 0.000221. The van der Waals surface area contributed by atoms with E-state index in [0.717, 1.165) is 6.54 Å². The van der Waals surface area contributed by atoms with Gasteiger partial charge in [-0.3, -0.25) is 5.10 Å². The van der Waals surface area contributed by atoms with Crippen LogP contribution in [0, 0.1) is 17.1 Å². The van der Waals surface area contributed by atoms with Crippen molar-refractivity contribution in [2.75, 3.05) is 38.7 Å². The molecule has 0 amide bonds. The number of ether oxygens (including phenoxy) is 3. The van der Waals surface area contributed by atoms with Crippen molar-refractivity contribution in [1.29, 1.82) is 5.26 Å². The summed E-state index contributed by atoms with van der Waals surface area (Å²) in [6.07, 6.45) is 2.65. The zero-order chi connectivity index (χ0) is 21.6. The van der Waals surface area contributed by atoms with Crippen molar-refractivity contribution in [2.24, 2.45) is 0 Å². The largest absolute Gasteiger partial charge is 0.496 e. The molecule has 2 aromatic heterocycles. The number of H-pyrrole nitrogens is 1. The second-order valence-corrected chi connectivity index (χ2v) is 6.68.